The molecule has 1 aliphatic heterocycles. The number of aryl methyl sites for hydroxylation is 1. The van der Waals surface area contributed by atoms with Crippen molar-refractivity contribution in [1.82, 2.24) is 0 Å². The molecule has 1 aromatic rings. The zero-order valence-corrected chi connectivity index (χ0v) is 10.9. The highest BCUT2D eigenvalue weighted by Gasteiger charge is 2.27. The molecule has 1 fully saturated rings. The van der Waals surface area contributed by atoms with Crippen molar-refractivity contribution in [2.45, 2.75) is 39.4 Å². The molecule has 1 aromatic carbocycles. The third-order valence-electron chi connectivity index (χ3n) is 2.97. The minimum Gasteiger partial charge on any atom is -0.507 e. The Balaban J connectivity index is 2.49. The van der Waals surface area contributed by atoms with Gasteiger partial charge in [-0.2, -0.15) is 0 Å². The van der Waals surface area contributed by atoms with Crippen LogP contribution in [0.1, 0.15) is 43.8 Å². The smallest absolute Gasteiger partial charge is 0.187 e. The van der Waals surface area contributed by atoms with E-state index in [-0.39, 0.29) is 5.41 Å². The normalized spacial score (nSPS) is 17.6. The molecule has 0 unspecified atom stereocenters. The Hall–Kier alpha value is -1.06. The van der Waals surface area contributed by atoms with Crippen molar-refractivity contribution in [3.63, 3.8) is 0 Å². The standard InChI is InChI=1S/C14H20O3/c1-9-7-10(13-16-5-6-17-13)12(15)11(8-9)14(2,3)4/h7-8,13,15H,5-6H2,1-4H3. The molecule has 3 nitrogen and oxygen atoms in total. The van der Waals surface area contributed by atoms with Gasteiger partial charge in [0.2, 0.25) is 0 Å². The highest BCUT2D eigenvalue weighted by molar-refractivity contribution is 5.47. The number of phenols is 1. The molecular formula is C14H20O3. The summed E-state index contributed by atoms with van der Waals surface area (Å²) in [5.41, 5.74) is 2.70. The lowest BCUT2D eigenvalue weighted by atomic mass is 9.84. The van der Waals surface area contributed by atoms with Crippen LogP contribution in [0.5, 0.6) is 5.75 Å². The molecule has 0 atom stereocenters. The molecule has 0 spiro atoms. The second kappa shape index (κ2) is 4.31. The maximum Gasteiger partial charge on any atom is 0.187 e. The van der Waals surface area contributed by atoms with E-state index < -0.39 is 6.29 Å². The summed E-state index contributed by atoms with van der Waals surface area (Å²) < 4.78 is 10.9. The minimum absolute atomic E-state index is 0.0938. The van der Waals surface area contributed by atoms with E-state index in [4.69, 9.17) is 9.47 Å². The van der Waals surface area contributed by atoms with Gasteiger partial charge in [-0.3, -0.25) is 0 Å². The van der Waals surface area contributed by atoms with Crippen LogP contribution in [0.2, 0.25) is 0 Å². The number of aromatic hydroxyl groups is 1. The topological polar surface area (TPSA) is 38.7 Å². The van der Waals surface area contributed by atoms with Crippen molar-refractivity contribution < 1.29 is 14.6 Å². The van der Waals surface area contributed by atoms with Gasteiger partial charge in [0.25, 0.3) is 0 Å². The van der Waals surface area contributed by atoms with Gasteiger partial charge >= 0.3 is 0 Å². The third-order valence-corrected chi connectivity index (χ3v) is 2.97. The van der Waals surface area contributed by atoms with Crippen LogP contribution in [0.15, 0.2) is 12.1 Å². The Morgan fingerprint density at radius 1 is 1.18 bits per heavy atom. The highest BCUT2D eigenvalue weighted by Crippen LogP contribution is 2.39. The van der Waals surface area contributed by atoms with E-state index in [0.29, 0.717) is 19.0 Å². The number of ether oxygens (including phenoxy) is 2. The van der Waals surface area contributed by atoms with E-state index in [0.717, 1.165) is 16.7 Å². The zero-order valence-electron chi connectivity index (χ0n) is 10.9. The maximum atomic E-state index is 10.3. The summed E-state index contributed by atoms with van der Waals surface area (Å²) in [6.45, 7) is 9.45. The van der Waals surface area contributed by atoms with E-state index in [9.17, 15) is 5.11 Å². The van der Waals surface area contributed by atoms with E-state index in [1.807, 2.05) is 19.1 Å². The molecule has 3 heteroatoms. The molecule has 0 radical (unpaired) electrons. The van der Waals surface area contributed by atoms with Gasteiger partial charge in [0.1, 0.15) is 5.75 Å². The van der Waals surface area contributed by atoms with Crippen molar-refractivity contribution in [2.24, 2.45) is 0 Å². The van der Waals surface area contributed by atoms with Gasteiger partial charge < -0.3 is 14.6 Å². The number of hydrogen-bond donors (Lipinski definition) is 1. The highest BCUT2D eigenvalue weighted by atomic mass is 16.7. The van der Waals surface area contributed by atoms with Crippen molar-refractivity contribution in [2.75, 3.05) is 13.2 Å². The fraction of sp³-hybridized carbons (Fsp3) is 0.571. The molecule has 1 heterocycles. The monoisotopic (exact) mass is 236 g/mol. The largest absolute Gasteiger partial charge is 0.507 e. The van der Waals surface area contributed by atoms with Crippen LogP contribution in [0.4, 0.5) is 0 Å². The van der Waals surface area contributed by atoms with Crippen LogP contribution in [-0.4, -0.2) is 18.3 Å². The molecule has 94 valence electrons. The summed E-state index contributed by atoms with van der Waals surface area (Å²) in [4.78, 5) is 0. The first-order valence-electron chi connectivity index (χ1n) is 5.97. The SMILES string of the molecule is Cc1cc(C2OCCO2)c(O)c(C(C)(C)C)c1. The Labute approximate surface area is 102 Å². The predicted octanol–water partition coefficient (Wildman–Crippen LogP) is 3.04. The van der Waals surface area contributed by atoms with Crippen LogP contribution in [-0.2, 0) is 14.9 Å². The third kappa shape index (κ3) is 2.45. The van der Waals surface area contributed by atoms with Crippen LogP contribution >= 0.6 is 0 Å². The van der Waals surface area contributed by atoms with E-state index >= 15 is 0 Å². The van der Waals surface area contributed by atoms with Crippen LogP contribution in [0.25, 0.3) is 0 Å². The number of rotatable bonds is 1. The molecule has 2 rings (SSSR count). The summed E-state index contributed by atoms with van der Waals surface area (Å²) in [6.07, 6.45) is -0.420. The van der Waals surface area contributed by atoms with E-state index in [1.165, 1.54) is 0 Å². The van der Waals surface area contributed by atoms with Crippen LogP contribution in [0.3, 0.4) is 0 Å². The van der Waals surface area contributed by atoms with Crippen LogP contribution < -0.4 is 0 Å². The minimum atomic E-state index is -0.420. The molecule has 0 bridgehead atoms. The van der Waals surface area contributed by atoms with Gasteiger partial charge in [0.15, 0.2) is 6.29 Å². The maximum absolute atomic E-state index is 10.3. The fourth-order valence-corrected chi connectivity index (χ4v) is 2.10. The molecule has 0 aromatic heterocycles. The van der Waals surface area contributed by atoms with Gasteiger partial charge in [0.05, 0.1) is 18.8 Å². The number of benzene rings is 1. The zero-order chi connectivity index (χ0) is 12.6. The second-order valence-corrected chi connectivity index (χ2v) is 5.57. The summed E-state index contributed by atoms with van der Waals surface area (Å²) in [6, 6.07) is 3.95. The summed E-state index contributed by atoms with van der Waals surface area (Å²) in [5.74, 6) is 0.301. The van der Waals surface area contributed by atoms with Gasteiger partial charge in [-0.05, 0) is 24.0 Å². The predicted molar refractivity (Wildman–Crippen MR) is 66.2 cm³/mol. The van der Waals surface area contributed by atoms with Crippen LogP contribution in [0, 0.1) is 6.92 Å². The lowest BCUT2D eigenvalue weighted by Gasteiger charge is -2.24. The van der Waals surface area contributed by atoms with Crippen molar-refractivity contribution in [1.29, 1.82) is 0 Å². The van der Waals surface area contributed by atoms with Gasteiger partial charge in [-0.1, -0.05) is 32.4 Å². The average Bonchev–Trinajstić information content (AvgIpc) is 2.72. The Morgan fingerprint density at radius 2 is 1.76 bits per heavy atom. The molecule has 1 N–H and O–H groups in total. The molecule has 17 heavy (non-hydrogen) atoms. The van der Waals surface area contributed by atoms with Gasteiger partial charge in [-0.25, -0.2) is 0 Å². The van der Waals surface area contributed by atoms with E-state index in [1.54, 1.807) is 0 Å². The summed E-state index contributed by atoms with van der Waals surface area (Å²) in [5, 5.41) is 10.3. The van der Waals surface area contributed by atoms with Crippen molar-refractivity contribution in [3.8, 4) is 5.75 Å². The first-order chi connectivity index (χ1) is 7.89. The summed E-state index contributed by atoms with van der Waals surface area (Å²) >= 11 is 0. The average molecular weight is 236 g/mol. The Morgan fingerprint density at radius 3 is 2.29 bits per heavy atom. The van der Waals surface area contributed by atoms with Gasteiger partial charge in [-0.15, -0.1) is 0 Å². The first-order valence-corrected chi connectivity index (χ1v) is 5.97. The quantitative estimate of drug-likeness (QED) is 0.814. The lowest BCUT2D eigenvalue weighted by Crippen LogP contribution is -2.13. The van der Waals surface area contributed by atoms with Gasteiger partial charge in [0, 0.05) is 0 Å². The molecule has 0 saturated carbocycles. The fourth-order valence-electron chi connectivity index (χ4n) is 2.10. The summed E-state index contributed by atoms with van der Waals surface area (Å²) in [7, 11) is 0. The molecule has 0 amide bonds. The Kier molecular flexibility index (Phi) is 3.15. The Bertz CT molecular complexity index is 412. The first kappa shape index (κ1) is 12.4. The number of phenolic OH excluding ortho intramolecular Hbond substituents is 1. The second-order valence-electron chi connectivity index (χ2n) is 5.57. The number of hydrogen-bond acceptors (Lipinski definition) is 3. The molecular weight excluding hydrogens is 216 g/mol. The van der Waals surface area contributed by atoms with Crippen molar-refractivity contribution in [3.05, 3.63) is 28.8 Å². The van der Waals surface area contributed by atoms with Crippen molar-refractivity contribution >= 4 is 0 Å². The molecule has 1 saturated heterocycles. The lowest BCUT2D eigenvalue weighted by molar-refractivity contribution is -0.0456. The molecule has 1 aliphatic rings. The molecule has 0 aliphatic carbocycles. The van der Waals surface area contributed by atoms with E-state index in [2.05, 4.69) is 20.8 Å².